The molecule has 0 bridgehead atoms. The van der Waals surface area contributed by atoms with Crippen molar-refractivity contribution in [3.63, 3.8) is 0 Å². The molecule has 0 N–H and O–H groups in total. The molecule has 0 saturated heterocycles. The van der Waals surface area contributed by atoms with Crippen LogP contribution in [0.25, 0.3) is 22.3 Å². The van der Waals surface area contributed by atoms with Crippen molar-refractivity contribution in [1.82, 2.24) is 9.97 Å². The molecule has 2 aliphatic rings. The Morgan fingerprint density at radius 2 is 1.35 bits per heavy atom. The monoisotopic (exact) mass is 776 g/mol. The lowest BCUT2D eigenvalue weighted by Gasteiger charge is -2.27. The maximum Gasteiger partial charge on any atom is 0.330 e. The Balaban J connectivity index is 0.952. The number of carbonyl (C=O) groups is 4. The molecule has 4 aromatic rings. The summed E-state index contributed by atoms with van der Waals surface area (Å²) in [5, 5.41) is 0. The molecule has 2 saturated carbocycles. The van der Waals surface area contributed by atoms with Gasteiger partial charge in [0.2, 0.25) is 0 Å². The molecule has 0 aliphatic heterocycles. The topological polar surface area (TPSA) is 140 Å². The second-order valence-corrected chi connectivity index (χ2v) is 14.8. The van der Waals surface area contributed by atoms with Gasteiger partial charge in [-0.1, -0.05) is 68.3 Å². The minimum atomic E-state index is -0.390. The molecular weight excluding hydrogens is 725 g/mol. The Labute approximate surface area is 334 Å². The molecule has 0 radical (unpaired) electrons. The summed E-state index contributed by atoms with van der Waals surface area (Å²) in [5.74, 6) is -0.474. The van der Waals surface area contributed by atoms with Crippen LogP contribution in [-0.2, 0) is 35.1 Å². The first-order chi connectivity index (χ1) is 27.9. The first kappa shape index (κ1) is 41.1. The molecule has 57 heavy (non-hydrogen) atoms. The van der Waals surface area contributed by atoms with E-state index in [1.54, 1.807) is 18.3 Å². The zero-order valence-electron chi connectivity index (χ0n) is 32.5. The van der Waals surface area contributed by atoms with Crippen molar-refractivity contribution in [3.8, 4) is 28.5 Å². The van der Waals surface area contributed by atoms with Gasteiger partial charge in [-0.2, -0.15) is 0 Å². The minimum absolute atomic E-state index is 0.140. The van der Waals surface area contributed by atoms with Gasteiger partial charge in [0.1, 0.15) is 22.9 Å². The quantitative estimate of drug-likeness (QED) is 0.0414. The van der Waals surface area contributed by atoms with Crippen molar-refractivity contribution >= 4 is 34.9 Å². The van der Waals surface area contributed by atoms with Crippen LogP contribution < -0.4 is 14.2 Å². The summed E-state index contributed by atoms with van der Waals surface area (Å²) >= 11 is 0. The maximum atomic E-state index is 13.5. The molecule has 2 aliphatic carbocycles. The van der Waals surface area contributed by atoms with E-state index in [2.05, 4.69) is 11.6 Å². The number of aryl methyl sites for hydroxylation is 1. The number of aromatic nitrogens is 2. The number of carbonyl (C=O) groups excluding carboxylic acids is 4. The van der Waals surface area contributed by atoms with Crippen LogP contribution in [-0.4, -0.2) is 53.2 Å². The van der Waals surface area contributed by atoms with Gasteiger partial charge in [-0.15, -0.1) is 0 Å². The average molecular weight is 777 g/mol. The summed E-state index contributed by atoms with van der Waals surface area (Å²) in [7, 11) is 0. The lowest BCUT2D eigenvalue weighted by Crippen LogP contribution is -2.30. The molecule has 0 atom stereocenters. The summed E-state index contributed by atoms with van der Waals surface area (Å²) in [6.07, 6.45) is 14.0. The van der Waals surface area contributed by atoms with Crippen LogP contribution >= 0.6 is 0 Å². The Kier molecular flexibility index (Phi) is 15.2. The Hall–Kier alpha value is -5.58. The van der Waals surface area contributed by atoms with Gasteiger partial charge in [0.05, 0.1) is 36.9 Å². The van der Waals surface area contributed by atoms with Crippen LogP contribution in [0, 0.1) is 11.8 Å². The number of nitrogens with zero attached hydrogens (tertiary/aromatic N) is 2. The van der Waals surface area contributed by atoms with E-state index in [1.807, 2.05) is 54.6 Å². The number of rotatable bonds is 18. The van der Waals surface area contributed by atoms with Crippen molar-refractivity contribution < 1.29 is 42.9 Å². The van der Waals surface area contributed by atoms with E-state index >= 15 is 0 Å². The van der Waals surface area contributed by atoms with Gasteiger partial charge in [-0.25, -0.2) is 14.8 Å². The van der Waals surface area contributed by atoms with E-state index in [1.165, 1.54) is 6.08 Å². The van der Waals surface area contributed by atoms with E-state index in [0.717, 1.165) is 74.7 Å². The second kappa shape index (κ2) is 21.1. The molecule has 0 unspecified atom stereocenters. The normalized spacial score (nSPS) is 17.0. The summed E-state index contributed by atoms with van der Waals surface area (Å²) in [5.41, 5.74) is 3.17. The predicted octanol–water partition coefficient (Wildman–Crippen LogP) is 9.09. The van der Waals surface area contributed by atoms with Gasteiger partial charge in [-0.3, -0.25) is 14.4 Å². The van der Waals surface area contributed by atoms with E-state index in [9.17, 15) is 19.2 Å². The Morgan fingerprint density at radius 1 is 0.702 bits per heavy atom. The predicted molar refractivity (Wildman–Crippen MR) is 215 cm³/mol. The summed E-state index contributed by atoms with van der Waals surface area (Å²) in [6, 6.07) is 20.6. The molecule has 3 aromatic carbocycles. The third kappa shape index (κ3) is 12.2. The van der Waals surface area contributed by atoms with Gasteiger partial charge in [0.25, 0.3) is 0 Å². The van der Waals surface area contributed by atoms with Gasteiger partial charge < -0.3 is 23.7 Å². The van der Waals surface area contributed by atoms with E-state index in [4.69, 9.17) is 28.7 Å². The summed E-state index contributed by atoms with van der Waals surface area (Å²) in [4.78, 5) is 59.9. The summed E-state index contributed by atoms with van der Waals surface area (Å²) < 4.78 is 28.5. The highest BCUT2D eigenvalue weighted by molar-refractivity contribution is 5.92. The largest absolute Gasteiger partial charge is 0.494 e. The third-order valence-corrected chi connectivity index (χ3v) is 10.6. The average Bonchev–Trinajstić information content (AvgIpc) is 3.25. The molecule has 0 spiro atoms. The third-order valence-electron chi connectivity index (χ3n) is 10.6. The van der Waals surface area contributed by atoms with Crippen molar-refractivity contribution in [2.45, 2.75) is 102 Å². The fraction of sp³-hybridized carbons (Fsp3) is 0.435. The summed E-state index contributed by atoms with van der Waals surface area (Å²) in [6.45, 7) is 4.39. The molecule has 1 aromatic heterocycles. The fourth-order valence-corrected chi connectivity index (χ4v) is 7.32. The van der Waals surface area contributed by atoms with Crippen LogP contribution in [0.1, 0.15) is 95.5 Å². The highest BCUT2D eigenvalue weighted by Gasteiger charge is 2.31. The lowest BCUT2D eigenvalue weighted by atomic mass is 9.87. The maximum absolute atomic E-state index is 13.5. The van der Waals surface area contributed by atoms with Gasteiger partial charge in [0, 0.05) is 18.1 Å². The van der Waals surface area contributed by atoms with Crippen LogP contribution in [0.4, 0.5) is 0 Å². The molecular formula is C46H52N2O9. The van der Waals surface area contributed by atoms with Crippen LogP contribution in [0.5, 0.6) is 17.2 Å². The molecule has 300 valence electrons. The van der Waals surface area contributed by atoms with Gasteiger partial charge >= 0.3 is 23.9 Å². The molecule has 11 nitrogen and oxygen atoms in total. The Morgan fingerprint density at radius 3 is 2.04 bits per heavy atom. The number of esters is 4. The fourth-order valence-electron chi connectivity index (χ4n) is 7.32. The number of hydrogen-bond donors (Lipinski definition) is 0. The smallest absolute Gasteiger partial charge is 0.330 e. The number of ether oxygens (including phenoxy) is 5. The van der Waals surface area contributed by atoms with Crippen LogP contribution in [0.15, 0.2) is 85.6 Å². The number of hydrogen-bond acceptors (Lipinski definition) is 11. The van der Waals surface area contributed by atoms with E-state index in [-0.39, 0.29) is 48.0 Å². The van der Waals surface area contributed by atoms with E-state index < -0.39 is 5.97 Å². The highest BCUT2D eigenvalue weighted by Crippen LogP contribution is 2.36. The van der Waals surface area contributed by atoms with Crippen molar-refractivity contribution in [1.29, 1.82) is 0 Å². The SMILES string of the molecule is C=CC(=O)OCCCCCCOc1ccc(CCC(=O)OC2CCC(C(=O)Oc3ccc(OC(=O)C4CCCCC4)c4ncc(-c5ccccc5)nc34)CC2)cc1. The first-order valence-corrected chi connectivity index (χ1v) is 20.3. The zero-order valence-corrected chi connectivity index (χ0v) is 32.5. The van der Waals surface area contributed by atoms with Crippen LogP contribution in [0.2, 0.25) is 0 Å². The molecule has 2 fully saturated rings. The number of benzene rings is 3. The number of fused-ring (bicyclic) bond motifs is 1. The van der Waals surface area contributed by atoms with E-state index in [0.29, 0.717) is 67.8 Å². The van der Waals surface area contributed by atoms with Crippen LogP contribution in [0.3, 0.4) is 0 Å². The molecule has 6 rings (SSSR count). The molecule has 1 heterocycles. The van der Waals surface area contributed by atoms with Crippen molar-refractivity contribution in [2.24, 2.45) is 11.8 Å². The van der Waals surface area contributed by atoms with Crippen molar-refractivity contribution in [2.75, 3.05) is 13.2 Å². The Bertz CT molecular complexity index is 1970. The van der Waals surface area contributed by atoms with Crippen molar-refractivity contribution in [3.05, 3.63) is 91.1 Å². The minimum Gasteiger partial charge on any atom is -0.494 e. The highest BCUT2D eigenvalue weighted by atomic mass is 16.6. The standard InChI is InChI=1S/C46H52N2O9/c1-2-41(49)54-30-12-4-3-11-29-53-36-22-17-32(18-23-36)19-28-42(50)55-37-24-20-35(21-25-37)46(52)57-40-27-26-39(56-45(51)34-15-9-6-10-16-34)43-44(40)48-38(31-47-43)33-13-7-5-8-14-33/h2,5,7-8,13-14,17-18,22-23,26-27,31,34-35,37H,1,3-4,6,9-12,15-16,19-21,24-25,28-30H2. The molecule has 11 heteroatoms. The zero-order chi connectivity index (χ0) is 39.8. The van der Waals surface area contributed by atoms with Gasteiger partial charge in [0.15, 0.2) is 11.5 Å². The lowest BCUT2D eigenvalue weighted by molar-refractivity contribution is -0.152. The van der Waals surface area contributed by atoms with Gasteiger partial charge in [-0.05, 0) is 100 Å². The first-order valence-electron chi connectivity index (χ1n) is 20.3. The molecule has 0 amide bonds. The second-order valence-electron chi connectivity index (χ2n) is 14.8. The number of unbranched alkanes of at least 4 members (excludes halogenated alkanes) is 3.